The summed E-state index contributed by atoms with van der Waals surface area (Å²) >= 11 is 1.98. The molecule has 0 spiro atoms. The molecule has 1 aliphatic heterocycles. The minimum atomic E-state index is 0.332. The number of benzene rings is 3. The molecular weight excluding hydrogens is 298 g/mol. The van der Waals surface area contributed by atoms with Gasteiger partial charge in [-0.25, -0.2) is 0 Å². The molecule has 0 saturated heterocycles. The van der Waals surface area contributed by atoms with Crippen LogP contribution in [0.15, 0.2) is 89.8 Å². The Morgan fingerprint density at radius 2 is 1.26 bits per heavy atom. The van der Waals surface area contributed by atoms with Crippen LogP contribution in [0.25, 0.3) is 0 Å². The third kappa shape index (κ3) is 2.64. The van der Waals surface area contributed by atoms with Crippen LogP contribution in [0.4, 0.5) is 5.69 Å². The van der Waals surface area contributed by atoms with E-state index in [1.165, 1.54) is 21.7 Å². The molecule has 0 N–H and O–H groups in total. The highest BCUT2D eigenvalue weighted by Gasteiger charge is 2.34. The lowest BCUT2D eigenvalue weighted by Gasteiger charge is -2.41. The summed E-state index contributed by atoms with van der Waals surface area (Å²) < 4.78 is 0. The Hall–Kier alpha value is -2.19. The number of hydrogen-bond donors (Lipinski definition) is 0. The van der Waals surface area contributed by atoms with Gasteiger partial charge in [0.15, 0.2) is 0 Å². The van der Waals surface area contributed by atoms with Crippen molar-refractivity contribution < 1.29 is 0 Å². The maximum absolute atomic E-state index is 2.43. The number of fused-ring (bicyclic) bond motifs is 1. The molecule has 0 amide bonds. The van der Waals surface area contributed by atoms with E-state index in [0.717, 1.165) is 0 Å². The van der Waals surface area contributed by atoms with Crippen LogP contribution in [0.5, 0.6) is 0 Å². The molecule has 1 nitrogen and oxygen atoms in total. The average Bonchev–Trinajstić information content (AvgIpc) is 2.63. The Morgan fingerprint density at radius 1 is 0.696 bits per heavy atom. The van der Waals surface area contributed by atoms with Crippen LogP contribution >= 0.6 is 11.8 Å². The molecule has 1 heterocycles. The second-order valence-electron chi connectivity index (χ2n) is 5.88. The van der Waals surface area contributed by atoms with E-state index < -0.39 is 0 Å². The SMILES string of the molecule is CN1c2ccccc2SC(c2ccccc2)C1c1ccccc1. The number of thioether (sulfide) groups is 1. The monoisotopic (exact) mass is 317 g/mol. The first-order valence-electron chi connectivity index (χ1n) is 7.93. The fourth-order valence-corrected chi connectivity index (χ4v) is 4.87. The van der Waals surface area contributed by atoms with Gasteiger partial charge in [0.25, 0.3) is 0 Å². The Balaban J connectivity index is 1.85. The van der Waals surface area contributed by atoms with E-state index in [1.807, 2.05) is 11.8 Å². The van der Waals surface area contributed by atoms with Gasteiger partial charge in [0.1, 0.15) is 0 Å². The highest BCUT2D eigenvalue weighted by atomic mass is 32.2. The van der Waals surface area contributed by atoms with E-state index in [-0.39, 0.29) is 0 Å². The fraction of sp³-hybridized carbons (Fsp3) is 0.143. The molecule has 0 saturated carbocycles. The number of para-hydroxylation sites is 1. The zero-order valence-electron chi connectivity index (χ0n) is 13.1. The number of likely N-dealkylation sites (N-methyl/N-ethyl adjacent to an activating group) is 1. The summed E-state index contributed by atoms with van der Waals surface area (Å²) in [5.41, 5.74) is 4.07. The molecule has 2 unspecified atom stereocenters. The zero-order valence-corrected chi connectivity index (χ0v) is 13.9. The number of anilines is 1. The van der Waals surface area contributed by atoms with Crippen molar-refractivity contribution in [1.29, 1.82) is 0 Å². The molecule has 23 heavy (non-hydrogen) atoms. The van der Waals surface area contributed by atoms with Gasteiger partial charge >= 0.3 is 0 Å². The van der Waals surface area contributed by atoms with E-state index in [9.17, 15) is 0 Å². The second-order valence-corrected chi connectivity index (χ2v) is 7.07. The van der Waals surface area contributed by atoms with Gasteiger partial charge in [-0.3, -0.25) is 0 Å². The molecule has 0 radical (unpaired) electrons. The van der Waals surface area contributed by atoms with Gasteiger partial charge < -0.3 is 4.90 Å². The van der Waals surface area contributed by atoms with E-state index >= 15 is 0 Å². The predicted octanol–water partition coefficient (Wildman–Crippen LogP) is 5.71. The highest BCUT2D eigenvalue weighted by molar-refractivity contribution is 7.99. The van der Waals surface area contributed by atoms with Crippen LogP contribution in [0, 0.1) is 0 Å². The molecule has 0 fully saturated rings. The highest BCUT2D eigenvalue weighted by Crippen LogP contribution is 2.54. The summed E-state index contributed by atoms with van der Waals surface area (Å²) in [5.74, 6) is 0. The first kappa shape index (κ1) is 14.4. The molecule has 3 aromatic rings. The van der Waals surface area contributed by atoms with Crippen LogP contribution in [0.2, 0.25) is 0 Å². The number of nitrogens with zero attached hydrogens (tertiary/aromatic N) is 1. The van der Waals surface area contributed by atoms with Gasteiger partial charge in [-0.05, 0) is 23.3 Å². The molecule has 2 atom stereocenters. The largest absolute Gasteiger partial charge is 0.365 e. The third-order valence-corrected chi connectivity index (χ3v) is 5.86. The van der Waals surface area contributed by atoms with Gasteiger partial charge in [0.05, 0.1) is 17.0 Å². The first-order chi connectivity index (χ1) is 11.3. The van der Waals surface area contributed by atoms with Crippen molar-refractivity contribution in [3.8, 4) is 0 Å². The predicted molar refractivity (Wildman–Crippen MR) is 99.1 cm³/mol. The topological polar surface area (TPSA) is 3.24 Å². The quantitative estimate of drug-likeness (QED) is 0.595. The molecule has 4 rings (SSSR count). The first-order valence-corrected chi connectivity index (χ1v) is 8.81. The third-order valence-electron chi connectivity index (χ3n) is 4.47. The maximum Gasteiger partial charge on any atom is 0.0702 e. The molecule has 3 aromatic carbocycles. The summed E-state index contributed by atoms with van der Waals surface area (Å²) in [6, 6.07) is 30.7. The summed E-state index contributed by atoms with van der Waals surface area (Å²) in [6.45, 7) is 0. The van der Waals surface area contributed by atoms with Gasteiger partial charge in [0.2, 0.25) is 0 Å². The smallest absolute Gasteiger partial charge is 0.0702 e. The van der Waals surface area contributed by atoms with Crippen LogP contribution in [0.3, 0.4) is 0 Å². The van der Waals surface area contributed by atoms with Gasteiger partial charge in [-0.1, -0.05) is 72.8 Å². The van der Waals surface area contributed by atoms with Crippen molar-refractivity contribution >= 4 is 17.4 Å². The molecule has 1 aliphatic rings. The Morgan fingerprint density at radius 3 is 1.96 bits per heavy atom. The molecular formula is C21H19NS. The van der Waals surface area contributed by atoms with E-state index in [0.29, 0.717) is 11.3 Å². The fourth-order valence-electron chi connectivity index (χ4n) is 3.34. The molecule has 0 bridgehead atoms. The summed E-state index contributed by atoms with van der Waals surface area (Å²) in [6.07, 6.45) is 0. The lowest BCUT2D eigenvalue weighted by atomic mass is 9.96. The van der Waals surface area contributed by atoms with Crippen molar-refractivity contribution in [2.75, 3.05) is 11.9 Å². The van der Waals surface area contributed by atoms with E-state index in [1.54, 1.807) is 0 Å². The zero-order chi connectivity index (χ0) is 15.6. The number of rotatable bonds is 2. The molecule has 2 heteroatoms. The average molecular weight is 317 g/mol. The van der Waals surface area contributed by atoms with Gasteiger partial charge in [-0.15, -0.1) is 11.8 Å². The molecule has 0 aromatic heterocycles. The molecule has 114 valence electrons. The summed E-state index contributed by atoms with van der Waals surface area (Å²) in [7, 11) is 2.21. The molecule has 0 aliphatic carbocycles. The Labute approximate surface area is 142 Å². The number of hydrogen-bond acceptors (Lipinski definition) is 2. The normalized spacial score (nSPS) is 20.1. The second kappa shape index (κ2) is 6.13. The Kier molecular flexibility index (Phi) is 3.84. The van der Waals surface area contributed by atoms with Crippen LogP contribution in [-0.2, 0) is 0 Å². The van der Waals surface area contributed by atoms with Crippen molar-refractivity contribution in [1.82, 2.24) is 0 Å². The summed E-state index contributed by atoms with van der Waals surface area (Å²) in [4.78, 5) is 3.79. The van der Waals surface area contributed by atoms with E-state index in [2.05, 4.69) is 96.9 Å². The minimum absolute atomic E-state index is 0.332. The van der Waals surface area contributed by atoms with Crippen molar-refractivity contribution in [3.63, 3.8) is 0 Å². The summed E-state index contributed by atoms with van der Waals surface area (Å²) in [5, 5.41) is 0.388. The van der Waals surface area contributed by atoms with Crippen molar-refractivity contribution in [3.05, 3.63) is 96.1 Å². The van der Waals surface area contributed by atoms with Crippen LogP contribution < -0.4 is 4.90 Å². The van der Waals surface area contributed by atoms with Crippen LogP contribution in [-0.4, -0.2) is 7.05 Å². The van der Waals surface area contributed by atoms with E-state index in [4.69, 9.17) is 0 Å². The minimum Gasteiger partial charge on any atom is -0.365 e. The maximum atomic E-state index is 2.43. The lowest BCUT2D eigenvalue weighted by molar-refractivity contribution is 0.639. The van der Waals surface area contributed by atoms with Crippen LogP contribution in [0.1, 0.15) is 22.4 Å². The standard InChI is InChI=1S/C21H19NS/c1-22-18-14-8-9-15-19(18)23-21(17-12-6-3-7-13-17)20(22)16-10-4-2-5-11-16/h2-15,20-21H,1H3. The van der Waals surface area contributed by atoms with Crippen molar-refractivity contribution in [2.24, 2.45) is 0 Å². The van der Waals surface area contributed by atoms with Gasteiger partial charge in [-0.2, -0.15) is 0 Å². The van der Waals surface area contributed by atoms with Crippen molar-refractivity contribution in [2.45, 2.75) is 16.2 Å². The lowest BCUT2D eigenvalue weighted by Crippen LogP contribution is -2.31. The van der Waals surface area contributed by atoms with Gasteiger partial charge in [0, 0.05) is 11.9 Å². The Bertz CT molecular complexity index is 785.